The predicted octanol–water partition coefficient (Wildman–Crippen LogP) is 1.34. The largest absolute Gasteiger partial charge is 0.353 e. The van der Waals surface area contributed by atoms with Crippen molar-refractivity contribution in [2.24, 2.45) is 5.73 Å². The third-order valence-electron chi connectivity index (χ3n) is 3.87. The number of likely N-dealkylation sites (tertiary alicyclic amines) is 1. The molecule has 0 radical (unpaired) electrons. The van der Waals surface area contributed by atoms with Crippen LogP contribution in [-0.4, -0.2) is 49.6 Å². The van der Waals surface area contributed by atoms with E-state index in [1.807, 2.05) is 0 Å². The molecule has 0 aromatic carbocycles. The van der Waals surface area contributed by atoms with Crippen LogP contribution in [0.2, 0.25) is 0 Å². The van der Waals surface area contributed by atoms with Crippen molar-refractivity contribution in [3.8, 4) is 0 Å². The Balaban J connectivity index is 1.61. The lowest BCUT2D eigenvalue weighted by Gasteiger charge is -2.36. The van der Waals surface area contributed by atoms with E-state index in [0.29, 0.717) is 12.1 Å². The minimum Gasteiger partial charge on any atom is -0.353 e. The standard InChI is InChI=1S/C13H26N2O2/c1-11-10-12(14)5-6-15(11)7-9-17-13-4-2-3-8-16-13/h11-13H,2-10,14H2,1H3. The first-order valence-electron chi connectivity index (χ1n) is 6.98. The normalized spacial score (nSPS) is 36.0. The smallest absolute Gasteiger partial charge is 0.157 e. The number of nitrogens with two attached hydrogens (primary N) is 1. The summed E-state index contributed by atoms with van der Waals surface area (Å²) in [5, 5.41) is 0. The number of nitrogens with zero attached hydrogens (tertiary/aromatic N) is 1. The SMILES string of the molecule is CC1CC(N)CCN1CCOC1CCCCO1. The molecule has 2 saturated heterocycles. The van der Waals surface area contributed by atoms with Crippen molar-refractivity contribution in [3.63, 3.8) is 0 Å². The fourth-order valence-corrected chi connectivity index (χ4v) is 2.73. The quantitative estimate of drug-likeness (QED) is 0.808. The third-order valence-corrected chi connectivity index (χ3v) is 3.87. The first kappa shape index (κ1) is 13.3. The van der Waals surface area contributed by atoms with E-state index in [1.54, 1.807) is 0 Å². The molecular formula is C13H26N2O2. The highest BCUT2D eigenvalue weighted by molar-refractivity contribution is 4.80. The monoisotopic (exact) mass is 242 g/mol. The van der Waals surface area contributed by atoms with Gasteiger partial charge in [-0.1, -0.05) is 0 Å². The topological polar surface area (TPSA) is 47.7 Å². The second kappa shape index (κ2) is 6.69. The second-order valence-electron chi connectivity index (χ2n) is 5.34. The Morgan fingerprint density at radius 1 is 1.35 bits per heavy atom. The minimum absolute atomic E-state index is 0.0473. The lowest BCUT2D eigenvalue weighted by atomic mass is 9.99. The average Bonchev–Trinajstić information content (AvgIpc) is 2.33. The van der Waals surface area contributed by atoms with Gasteiger partial charge in [-0.05, 0) is 45.6 Å². The molecule has 2 rings (SSSR count). The maximum absolute atomic E-state index is 5.96. The highest BCUT2D eigenvalue weighted by Crippen LogP contribution is 2.16. The summed E-state index contributed by atoms with van der Waals surface area (Å²) in [6, 6.07) is 0.985. The number of ether oxygens (including phenoxy) is 2. The summed E-state index contributed by atoms with van der Waals surface area (Å²) in [6.07, 6.45) is 5.75. The molecule has 2 aliphatic rings. The molecule has 17 heavy (non-hydrogen) atoms. The van der Waals surface area contributed by atoms with Crippen LogP contribution in [-0.2, 0) is 9.47 Å². The minimum atomic E-state index is 0.0473. The fourth-order valence-electron chi connectivity index (χ4n) is 2.73. The third kappa shape index (κ3) is 4.21. The molecular weight excluding hydrogens is 216 g/mol. The Morgan fingerprint density at radius 3 is 2.94 bits per heavy atom. The number of hydrogen-bond donors (Lipinski definition) is 1. The van der Waals surface area contributed by atoms with Gasteiger partial charge in [0.25, 0.3) is 0 Å². The maximum Gasteiger partial charge on any atom is 0.157 e. The molecule has 2 heterocycles. The van der Waals surface area contributed by atoms with Crippen LogP contribution in [0.4, 0.5) is 0 Å². The molecule has 0 aliphatic carbocycles. The van der Waals surface area contributed by atoms with Crippen molar-refractivity contribution in [3.05, 3.63) is 0 Å². The Labute approximate surface area is 104 Å². The van der Waals surface area contributed by atoms with Crippen molar-refractivity contribution in [1.29, 1.82) is 0 Å². The summed E-state index contributed by atoms with van der Waals surface area (Å²) in [6.45, 7) is 6.02. The van der Waals surface area contributed by atoms with E-state index < -0.39 is 0 Å². The van der Waals surface area contributed by atoms with Crippen LogP contribution in [0.1, 0.15) is 39.0 Å². The van der Waals surface area contributed by atoms with E-state index in [1.165, 1.54) is 12.8 Å². The van der Waals surface area contributed by atoms with Crippen molar-refractivity contribution in [2.45, 2.75) is 57.4 Å². The Hall–Kier alpha value is -0.160. The molecule has 4 heteroatoms. The van der Waals surface area contributed by atoms with Crippen LogP contribution >= 0.6 is 0 Å². The molecule has 3 unspecified atom stereocenters. The van der Waals surface area contributed by atoms with Gasteiger partial charge in [0.1, 0.15) is 0 Å². The summed E-state index contributed by atoms with van der Waals surface area (Å²) >= 11 is 0. The molecule has 100 valence electrons. The summed E-state index contributed by atoms with van der Waals surface area (Å²) < 4.78 is 11.3. The van der Waals surface area contributed by atoms with E-state index in [9.17, 15) is 0 Å². The van der Waals surface area contributed by atoms with Crippen molar-refractivity contribution < 1.29 is 9.47 Å². The summed E-state index contributed by atoms with van der Waals surface area (Å²) in [5.41, 5.74) is 5.96. The van der Waals surface area contributed by atoms with Crippen LogP contribution in [0.3, 0.4) is 0 Å². The zero-order valence-electron chi connectivity index (χ0n) is 10.9. The molecule has 2 N–H and O–H groups in total. The van der Waals surface area contributed by atoms with Crippen LogP contribution in [0, 0.1) is 0 Å². The molecule has 2 aliphatic heterocycles. The van der Waals surface area contributed by atoms with E-state index in [2.05, 4.69) is 11.8 Å². The Bertz CT molecular complexity index is 219. The van der Waals surface area contributed by atoms with Crippen LogP contribution < -0.4 is 5.73 Å². The highest BCUT2D eigenvalue weighted by Gasteiger charge is 2.23. The zero-order chi connectivity index (χ0) is 12.1. The Kier molecular flexibility index (Phi) is 5.22. The van der Waals surface area contributed by atoms with Gasteiger partial charge in [0.15, 0.2) is 6.29 Å². The maximum atomic E-state index is 5.96. The van der Waals surface area contributed by atoms with E-state index >= 15 is 0 Å². The summed E-state index contributed by atoms with van der Waals surface area (Å²) in [4.78, 5) is 2.48. The molecule has 4 nitrogen and oxygen atoms in total. The molecule has 0 saturated carbocycles. The zero-order valence-corrected chi connectivity index (χ0v) is 10.9. The molecule has 0 bridgehead atoms. The summed E-state index contributed by atoms with van der Waals surface area (Å²) in [5.74, 6) is 0. The molecule has 0 aromatic rings. The van der Waals surface area contributed by atoms with Gasteiger partial charge in [-0.15, -0.1) is 0 Å². The van der Waals surface area contributed by atoms with Gasteiger partial charge in [0.2, 0.25) is 0 Å². The van der Waals surface area contributed by atoms with Crippen LogP contribution in [0.5, 0.6) is 0 Å². The van der Waals surface area contributed by atoms with Crippen LogP contribution in [0.25, 0.3) is 0 Å². The van der Waals surface area contributed by atoms with Gasteiger partial charge < -0.3 is 15.2 Å². The second-order valence-corrected chi connectivity index (χ2v) is 5.34. The highest BCUT2D eigenvalue weighted by atomic mass is 16.7. The average molecular weight is 242 g/mol. The number of piperidine rings is 1. The van der Waals surface area contributed by atoms with Gasteiger partial charge >= 0.3 is 0 Å². The molecule has 0 spiro atoms. The van der Waals surface area contributed by atoms with Crippen molar-refractivity contribution in [2.75, 3.05) is 26.3 Å². The van der Waals surface area contributed by atoms with Gasteiger partial charge in [-0.25, -0.2) is 0 Å². The lowest BCUT2D eigenvalue weighted by Crippen LogP contribution is -2.46. The summed E-state index contributed by atoms with van der Waals surface area (Å²) in [7, 11) is 0. The van der Waals surface area contributed by atoms with Crippen molar-refractivity contribution >= 4 is 0 Å². The molecule has 0 aromatic heterocycles. The molecule has 2 fully saturated rings. The number of hydrogen-bond acceptors (Lipinski definition) is 4. The predicted molar refractivity (Wildman–Crippen MR) is 67.8 cm³/mol. The van der Waals surface area contributed by atoms with E-state index in [-0.39, 0.29) is 6.29 Å². The first-order chi connectivity index (χ1) is 8.25. The molecule has 3 atom stereocenters. The molecule has 0 amide bonds. The van der Waals surface area contributed by atoms with Crippen LogP contribution in [0.15, 0.2) is 0 Å². The number of rotatable bonds is 4. The van der Waals surface area contributed by atoms with Gasteiger partial charge in [-0.3, -0.25) is 4.90 Å². The lowest BCUT2D eigenvalue weighted by molar-refractivity contribution is -0.165. The van der Waals surface area contributed by atoms with Gasteiger partial charge in [0, 0.05) is 25.2 Å². The van der Waals surface area contributed by atoms with Gasteiger partial charge in [0.05, 0.1) is 6.61 Å². The van der Waals surface area contributed by atoms with E-state index in [0.717, 1.165) is 45.6 Å². The fraction of sp³-hybridized carbons (Fsp3) is 1.00. The van der Waals surface area contributed by atoms with Crippen molar-refractivity contribution in [1.82, 2.24) is 4.90 Å². The van der Waals surface area contributed by atoms with E-state index in [4.69, 9.17) is 15.2 Å². The first-order valence-corrected chi connectivity index (χ1v) is 6.98. The van der Waals surface area contributed by atoms with Gasteiger partial charge in [-0.2, -0.15) is 0 Å². The Morgan fingerprint density at radius 2 is 2.24 bits per heavy atom.